The van der Waals surface area contributed by atoms with E-state index in [2.05, 4.69) is 15.3 Å². The molecule has 0 amide bonds. The van der Waals surface area contributed by atoms with E-state index in [-0.39, 0.29) is 43.0 Å². The summed E-state index contributed by atoms with van der Waals surface area (Å²) in [6.45, 7) is -0.0944. The third kappa shape index (κ3) is 7.00. The van der Waals surface area contributed by atoms with Crippen molar-refractivity contribution in [1.29, 1.82) is 0 Å². The van der Waals surface area contributed by atoms with Gasteiger partial charge in [-0.25, -0.2) is 4.79 Å². The minimum atomic E-state index is -1.13. The molecule has 0 aliphatic heterocycles. The molecule has 0 aliphatic carbocycles. The normalized spacial score (nSPS) is 12.8. The molecule has 0 saturated heterocycles. The third-order valence-corrected chi connectivity index (χ3v) is 4.90. The molecule has 0 saturated carbocycles. The molecule has 11 nitrogen and oxygen atoms in total. The predicted molar refractivity (Wildman–Crippen MR) is 114 cm³/mol. The summed E-state index contributed by atoms with van der Waals surface area (Å²) in [5.74, 6) is -2.60. The number of hydrogen-bond donors (Lipinski definition) is 7. The molecule has 11 heteroatoms. The molecule has 31 heavy (non-hydrogen) atoms. The lowest BCUT2D eigenvalue weighted by atomic mass is 9.93. The van der Waals surface area contributed by atoms with Gasteiger partial charge in [0.15, 0.2) is 0 Å². The van der Waals surface area contributed by atoms with Gasteiger partial charge in [-0.2, -0.15) is 9.97 Å². The molecule has 1 unspecified atom stereocenters. The molecule has 0 fully saturated rings. The van der Waals surface area contributed by atoms with Gasteiger partial charge in [0.25, 0.3) is 0 Å². The number of nitrogens with two attached hydrogens (primary N) is 2. The van der Waals surface area contributed by atoms with E-state index in [1.807, 2.05) is 0 Å². The molecule has 1 aromatic heterocycles. The van der Waals surface area contributed by atoms with Crippen molar-refractivity contribution in [1.82, 2.24) is 9.97 Å². The Morgan fingerprint density at radius 3 is 2.29 bits per heavy atom. The number of carbonyl (C=O) groups is 2. The van der Waals surface area contributed by atoms with Crippen LogP contribution in [0, 0.1) is 0 Å². The maximum Gasteiger partial charge on any atom is 0.326 e. The van der Waals surface area contributed by atoms with Gasteiger partial charge in [0, 0.05) is 24.6 Å². The van der Waals surface area contributed by atoms with E-state index in [0.717, 1.165) is 5.56 Å². The lowest BCUT2D eigenvalue weighted by Crippen LogP contribution is -2.29. The molecule has 0 radical (unpaired) electrons. The summed E-state index contributed by atoms with van der Waals surface area (Å²) in [7, 11) is 0. The van der Waals surface area contributed by atoms with Gasteiger partial charge < -0.3 is 37.2 Å². The van der Waals surface area contributed by atoms with Crippen molar-refractivity contribution in [3.63, 3.8) is 0 Å². The quantitative estimate of drug-likeness (QED) is 0.253. The fourth-order valence-electron chi connectivity index (χ4n) is 3.21. The van der Waals surface area contributed by atoms with Crippen LogP contribution in [0.2, 0.25) is 0 Å². The Labute approximate surface area is 178 Å². The first-order valence-corrected chi connectivity index (χ1v) is 9.74. The number of carboxylic acids is 2. The van der Waals surface area contributed by atoms with Crippen molar-refractivity contribution >= 4 is 29.4 Å². The fraction of sp³-hybridized carbons (Fsp3) is 0.400. The molecule has 1 heterocycles. The Hall–Kier alpha value is -3.60. The second kappa shape index (κ2) is 11.0. The fourth-order valence-corrected chi connectivity index (χ4v) is 3.21. The largest absolute Gasteiger partial charge is 0.493 e. The van der Waals surface area contributed by atoms with E-state index >= 15 is 0 Å². The zero-order valence-corrected chi connectivity index (χ0v) is 16.9. The average Bonchev–Trinajstić information content (AvgIpc) is 2.70. The summed E-state index contributed by atoms with van der Waals surface area (Å²) in [6, 6.07) is 5.91. The molecule has 0 spiro atoms. The minimum absolute atomic E-state index is 0.0451. The maximum absolute atomic E-state index is 11.3. The van der Waals surface area contributed by atoms with Crippen LogP contribution < -0.4 is 16.8 Å². The van der Waals surface area contributed by atoms with E-state index in [4.69, 9.17) is 16.6 Å². The molecule has 2 atom stereocenters. The Morgan fingerprint density at radius 1 is 1.06 bits per heavy atom. The Morgan fingerprint density at radius 2 is 1.74 bits per heavy atom. The number of nitrogen functional groups attached to an aromatic ring is 2. The van der Waals surface area contributed by atoms with Crippen LogP contribution in [-0.2, 0) is 16.0 Å². The summed E-state index contributed by atoms with van der Waals surface area (Å²) in [4.78, 5) is 29.5. The van der Waals surface area contributed by atoms with Gasteiger partial charge in [-0.3, -0.25) is 4.79 Å². The maximum atomic E-state index is 11.3. The Bertz CT molecular complexity index is 882. The smallest absolute Gasteiger partial charge is 0.326 e. The van der Waals surface area contributed by atoms with Crippen LogP contribution in [0.4, 0.5) is 17.5 Å². The van der Waals surface area contributed by atoms with Crippen LogP contribution in [0.1, 0.15) is 42.7 Å². The van der Waals surface area contributed by atoms with Gasteiger partial charge in [0.2, 0.25) is 11.8 Å². The number of hydrogen-bond acceptors (Lipinski definition) is 9. The van der Waals surface area contributed by atoms with Gasteiger partial charge in [-0.05, 0) is 43.4 Å². The van der Waals surface area contributed by atoms with Crippen molar-refractivity contribution in [3.8, 4) is 5.88 Å². The second-order valence-corrected chi connectivity index (χ2v) is 7.13. The molecule has 0 bridgehead atoms. The number of aliphatic hydroxyl groups excluding tert-OH is 1. The van der Waals surface area contributed by atoms with E-state index in [1.54, 1.807) is 24.3 Å². The number of carboxylic acid groups (broad SMARTS) is 2. The second-order valence-electron chi connectivity index (χ2n) is 7.13. The highest BCUT2D eigenvalue weighted by Crippen LogP contribution is 2.27. The van der Waals surface area contributed by atoms with Gasteiger partial charge in [-0.15, -0.1) is 0 Å². The summed E-state index contributed by atoms with van der Waals surface area (Å²) in [5, 5.41) is 40.4. The SMILES string of the molecule is Nc1nc(N)c(CCCC(CO)c2ccc(N[C@H](CCC(=O)O)C(=O)O)cc2)c(O)n1. The van der Waals surface area contributed by atoms with E-state index < -0.39 is 18.0 Å². The number of nitrogens with zero attached hydrogens (tertiary/aromatic N) is 2. The van der Waals surface area contributed by atoms with Crippen molar-refractivity contribution in [2.24, 2.45) is 0 Å². The summed E-state index contributed by atoms with van der Waals surface area (Å²) in [5.41, 5.74) is 13.0. The van der Waals surface area contributed by atoms with Gasteiger partial charge in [0.05, 0.1) is 5.56 Å². The predicted octanol–water partition coefficient (Wildman–Crippen LogP) is 1.18. The number of benzene rings is 1. The molecule has 1 aromatic carbocycles. The Balaban J connectivity index is 1.96. The van der Waals surface area contributed by atoms with Gasteiger partial charge >= 0.3 is 11.9 Å². The average molecular weight is 433 g/mol. The molecular formula is C20H27N5O6. The number of aromatic nitrogens is 2. The standard InChI is InChI=1S/C20H27N5O6/c21-17-14(18(29)25-20(22)24-17)3-1-2-12(10-26)11-4-6-13(7-5-11)23-15(19(30)31)8-9-16(27)28/h4-7,12,15,23,26H,1-3,8-10H2,(H,27,28)(H,30,31)(H5,21,22,24,25,29)/t12?,15-/m1/s1. The molecule has 2 rings (SSSR count). The monoisotopic (exact) mass is 433 g/mol. The van der Waals surface area contributed by atoms with E-state index in [9.17, 15) is 24.9 Å². The van der Waals surface area contributed by atoms with Crippen LogP contribution in [0.5, 0.6) is 5.88 Å². The highest BCUT2D eigenvalue weighted by Gasteiger charge is 2.19. The highest BCUT2D eigenvalue weighted by atomic mass is 16.4. The molecular weight excluding hydrogens is 406 g/mol. The van der Waals surface area contributed by atoms with E-state index in [1.165, 1.54) is 0 Å². The third-order valence-electron chi connectivity index (χ3n) is 4.90. The number of aliphatic hydroxyl groups is 1. The molecule has 0 aliphatic rings. The van der Waals surface area contributed by atoms with E-state index in [0.29, 0.717) is 30.5 Å². The lowest BCUT2D eigenvalue weighted by Gasteiger charge is -2.18. The molecule has 168 valence electrons. The summed E-state index contributed by atoms with van der Waals surface area (Å²) >= 11 is 0. The Kier molecular flexibility index (Phi) is 8.38. The van der Waals surface area contributed by atoms with Crippen LogP contribution in [0.15, 0.2) is 24.3 Å². The zero-order valence-electron chi connectivity index (χ0n) is 16.9. The number of aromatic hydroxyl groups is 1. The number of nitrogens with one attached hydrogen (secondary N) is 1. The number of anilines is 3. The van der Waals surface area contributed by atoms with Crippen molar-refractivity contribution < 1.29 is 30.0 Å². The van der Waals surface area contributed by atoms with Crippen LogP contribution >= 0.6 is 0 Å². The van der Waals surface area contributed by atoms with Gasteiger partial charge in [0.1, 0.15) is 11.9 Å². The minimum Gasteiger partial charge on any atom is -0.493 e. The number of rotatable bonds is 12. The summed E-state index contributed by atoms with van der Waals surface area (Å²) < 4.78 is 0. The van der Waals surface area contributed by atoms with Crippen molar-refractivity contribution in [3.05, 3.63) is 35.4 Å². The lowest BCUT2D eigenvalue weighted by molar-refractivity contribution is -0.139. The van der Waals surface area contributed by atoms with Crippen LogP contribution in [-0.4, -0.2) is 55.0 Å². The highest BCUT2D eigenvalue weighted by molar-refractivity contribution is 5.78. The number of aliphatic carboxylic acids is 2. The first-order valence-electron chi connectivity index (χ1n) is 9.74. The van der Waals surface area contributed by atoms with Crippen LogP contribution in [0.3, 0.4) is 0 Å². The first kappa shape index (κ1) is 23.7. The van der Waals surface area contributed by atoms with Crippen molar-refractivity contribution in [2.75, 3.05) is 23.4 Å². The first-order chi connectivity index (χ1) is 14.7. The van der Waals surface area contributed by atoms with Gasteiger partial charge in [-0.1, -0.05) is 12.1 Å². The molecule has 9 N–H and O–H groups in total. The zero-order chi connectivity index (χ0) is 23.0. The van der Waals surface area contributed by atoms with Crippen LogP contribution in [0.25, 0.3) is 0 Å². The summed E-state index contributed by atoms with van der Waals surface area (Å²) in [6.07, 6.45) is 1.32. The topological polar surface area (TPSA) is 205 Å². The van der Waals surface area contributed by atoms with Crippen molar-refractivity contribution in [2.45, 2.75) is 44.1 Å². The molecule has 2 aromatic rings.